The molecule has 18 heavy (non-hydrogen) atoms. The summed E-state index contributed by atoms with van der Waals surface area (Å²) >= 11 is 0. The van der Waals surface area contributed by atoms with Gasteiger partial charge in [0.25, 0.3) is 0 Å². The zero-order chi connectivity index (χ0) is 13.1. The van der Waals surface area contributed by atoms with E-state index in [1.54, 1.807) is 29.8 Å². The summed E-state index contributed by atoms with van der Waals surface area (Å²) in [5.74, 6) is -0.730. The van der Waals surface area contributed by atoms with Crippen molar-refractivity contribution in [3.63, 3.8) is 0 Å². The molecule has 0 radical (unpaired) electrons. The summed E-state index contributed by atoms with van der Waals surface area (Å²) in [5.41, 5.74) is 1.89. The predicted molar refractivity (Wildman–Crippen MR) is 63.0 cm³/mol. The number of carbonyl (C=O) groups is 1. The Bertz CT molecular complexity index is 561. The van der Waals surface area contributed by atoms with E-state index in [0.29, 0.717) is 18.0 Å². The van der Waals surface area contributed by atoms with Gasteiger partial charge in [-0.3, -0.25) is 0 Å². The molecule has 4 nitrogen and oxygen atoms in total. The molecule has 2 rings (SSSR count). The number of aromatic nitrogens is 2. The van der Waals surface area contributed by atoms with Crippen molar-refractivity contribution >= 4 is 5.97 Å². The molecule has 2 aromatic rings. The highest BCUT2D eigenvalue weighted by Gasteiger charge is 2.25. The third-order valence-corrected chi connectivity index (χ3v) is 2.45. The molecule has 0 atom stereocenters. The largest absolute Gasteiger partial charge is 0.458 e. The van der Waals surface area contributed by atoms with Gasteiger partial charge in [-0.1, -0.05) is 4.68 Å². The number of carbonyl (C=O) groups excluding carboxylic acids is 1. The first-order chi connectivity index (χ1) is 8.61. The molecule has 5 heteroatoms. The maximum absolute atomic E-state index is 12.9. The fraction of sp³-hybridized carbons (Fsp3) is 0.231. The topological polar surface area (TPSA) is 46.0 Å². The van der Waals surface area contributed by atoms with Crippen LogP contribution in [0.2, 0.25) is 0 Å². The van der Waals surface area contributed by atoms with Gasteiger partial charge in [-0.2, -0.15) is 5.10 Å². The molecule has 1 aromatic carbocycles. The Morgan fingerprint density at radius 2 is 2.06 bits per heavy atom. The summed E-state index contributed by atoms with van der Waals surface area (Å²) in [6, 6.07) is 7.56. The Labute approximate surface area is 104 Å². The van der Waals surface area contributed by atoms with Gasteiger partial charge in [-0.05, 0) is 26.0 Å². The molecule has 0 aliphatic heterocycles. The molecular weight excluding hydrogens is 235 g/mol. The van der Waals surface area contributed by atoms with Crippen molar-refractivity contribution in [1.29, 1.82) is 0 Å². The van der Waals surface area contributed by atoms with Crippen molar-refractivity contribution in [2.45, 2.75) is 13.8 Å². The van der Waals surface area contributed by atoms with Crippen LogP contribution < -0.4 is 4.68 Å². The number of rotatable bonds is 3. The normalized spacial score (nSPS) is 10.4. The van der Waals surface area contributed by atoms with Crippen LogP contribution >= 0.6 is 0 Å². The van der Waals surface area contributed by atoms with E-state index in [9.17, 15) is 9.18 Å². The van der Waals surface area contributed by atoms with Crippen molar-refractivity contribution in [2.24, 2.45) is 0 Å². The van der Waals surface area contributed by atoms with Gasteiger partial charge in [0.15, 0.2) is 0 Å². The number of nitrogens with zero attached hydrogens (tertiary/aromatic N) is 1. The second-order valence-electron chi connectivity index (χ2n) is 3.86. The van der Waals surface area contributed by atoms with Crippen LogP contribution in [0, 0.1) is 12.7 Å². The van der Waals surface area contributed by atoms with Gasteiger partial charge in [0.1, 0.15) is 5.82 Å². The number of H-pyrrole nitrogens is 1. The first-order valence-corrected chi connectivity index (χ1v) is 5.66. The highest BCUT2D eigenvalue weighted by molar-refractivity contribution is 5.85. The second kappa shape index (κ2) is 5.00. The maximum atomic E-state index is 12.9. The van der Waals surface area contributed by atoms with Crippen molar-refractivity contribution in [3.8, 4) is 5.69 Å². The van der Waals surface area contributed by atoms with Crippen LogP contribution in [0.5, 0.6) is 0 Å². The number of hydrogen-bond donors (Lipinski definition) is 1. The Hall–Kier alpha value is -2.17. The molecule has 0 aliphatic rings. The van der Waals surface area contributed by atoms with Crippen LogP contribution in [0.15, 0.2) is 30.3 Å². The van der Waals surface area contributed by atoms with E-state index in [-0.39, 0.29) is 5.82 Å². The Morgan fingerprint density at radius 3 is 2.67 bits per heavy atom. The number of aryl methyl sites for hydroxylation is 1. The Balaban J connectivity index is 2.44. The summed E-state index contributed by atoms with van der Waals surface area (Å²) in [4.78, 5) is 11.8. The zero-order valence-electron chi connectivity index (χ0n) is 10.2. The standard InChI is InChI=1S/C13H13FN2O2/c1-3-18-13(17)12-8-9(2)15-16(12)11-6-4-10(14)5-7-11/h4-8H,3H2,1-2H3/p+1. The van der Waals surface area contributed by atoms with Crippen LogP contribution in [0.3, 0.4) is 0 Å². The number of esters is 1. The molecular formula is C13H14FN2O2+. The molecule has 94 valence electrons. The summed E-state index contributed by atoms with van der Waals surface area (Å²) in [5, 5.41) is 3.01. The highest BCUT2D eigenvalue weighted by atomic mass is 19.1. The molecule has 0 unspecified atom stereocenters. The van der Waals surface area contributed by atoms with Gasteiger partial charge in [-0.25, -0.2) is 9.18 Å². The minimum atomic E-state index is -0.411. The van der Waals surface area contributed by atoms with Crippen LogP contribution in [0.25, 0.3) is 5.69 Å². The molecule has 1 heterocycles. The fourth-order valence-corrected chi connectivity index (χ4v) is 1.69. The van der Waals surface area contributed by atoms with Crippen LogP contribution in [0.1, 0.15) is 23.1 Å². The van der Waals surface area contributed by atoms with Gasteiger partial charge in [0, 0.05) is 18.2 Å². The monoisotopic (exact) mass is 249 g/mol. The van der Waals surface area contributed by atoms with Crippen molar-refractivity contribution in [2.75, 3.05) is 6.61 Å². The molecule has 1 aromatic heterocycles. The lowest BCUT2D eigenvalue weighted by atomic mass is 10.3. The number of ether oxygens (including phenoxy) is 1. The van der Waals surface area contributed by atoms with E-state index in [2.05, 4.69) is 5.10 Å². The van der Waals surface area contributed by atoms with Gasteiger partial charge in [0.2, 0.25) is 5.69 Å². The molecule has 0 saturated heterocycles. The van der Waals surface area contributed by atoms with E-state index in [0.717, 1.165) is 5.69 Å². The maximum Gasteiger partial charge on any atom is 0.406 e. The van der Waals surface area contributed by atoms with Crippen molar-refractivity contribution < 1.29 is 18.6 Å². The molecule has 0 bridgehead atoms. The molecule has 0 amide bonds. The fourth-order valence-electron chi connectivity index (χ4n) is 1.69. The summed E-state index contributed by atoms with van der Waals surface area (Å²) in [6.07, 6.45) is 0. The van der Waals surface area contributed by atoms with Crippen LogP contribution in [0.4, 0.5) is 4.39 Å². The highest BCUT2D eigenvalue weighted by Crippen LogP contribution is 2.06. The van der Waals surface area contributed by atoms with Gasteiger partial charge < -0.3 is 4.74 Å². The molecule has 0 saturated carbocycles. The van der Waals surface area contributed by atoms with Gasteiger partial charge in [-0.15, -0.1) is 0 Å². The zero-order valence-corrected chi connectivity index (χ0v) is 10.2. The third kappa shape index (κ3) is 2.40. The first-order valence-electron chi connectivity index (χ1n) is 5.66. The lowest BCUT2D eigenvalue weighted by Crippen LogP contribution is -2.39. The summed E-state index contributed by atoms with van der Waals surface area (Å²) in [7, 11) is 0. The lowest BCUT2D eigenvalue weighted by Gasteiger charge is -1.97. The average Bonchev–Trinajstić information content (AvgIpc) is 2.73. The lowest BCUT2D eigenvalue weighted by molar-refractivity contribution is -0.658. The second-order valence-corrected chi connectivity index (χ2v) is 3.86. The molecule has 0 fully saturated rings. The van der Waals surface area contributed by atoms with E-state index in [4.69, 9.17) is 4.74 Å². The number of benzene rings is 1. The van der Waals surface area contributed by atoms with E-state index >= 15 is 0 Å². The van der Waals surface area contributed by atoms with Gasteiger partial charge in [0.05, 0.1) is 12.3 Å². The molecule has 1 N–H and O–H groups in total. The molecule has 0 aliphatic carbocycles. The quantitative estimate of drug-likeness (QED) is 0.667. The molecule has 0 spiro atoms. The smallest absolute Gasteiger partial charge is 0.406 e. The number of hydrogen-bond acceptors (Lipinski definition) is 2. The van der Waals surface area contributed by atoms with E-state index in [1.807, 2.05) is 6.92 Å². The van der Waals surface area contributed by atoms with Crippen molar-refractivity contribution in [3.05, 3.63) is 47.5 Å². The van der Waals surface area contributed by atoms with E-state index in [1.165, 1.54) is 12.1 Å². The Kier molecular flexibility index (Phi) is 3.41. The third-order valence-electron chi connectivity index (χ3n) is 2.45. The number of aromatic amines is 1. The minimum absolute atomic E-state index is 0.312. The predicted octanol–water partition coefficient (Wildman–Crippen LogP) is 1.92. The number of nitrogens with one attached hydrogen (secondary N) is 1. The summed E-state index contributed by atoms with van der Waals surface area (Å²) in [6.45, 7) is 3.90. The van der Waals surface area contributed by atoms with Crippen LogP contribution in [-0.4, -0.2) is 17.7 Å². The van der Waals surface area contributed by atoms with E-state index < -0.39 is 5.97 Å². The van der Waals surface area contributed by atoms with Crippen LogP contribution in [-0.2, 0) is 4.74 Å². The summed E-state index contributed by atoms with van der Waals surface area (Å²) < 4.78 is 19.4. The van der Waals surface area contributed by atoms with Crippen molar-refractivity contribution in [1.82, 2.24) is 5.10 Å². The average molecular weight is 249 g/mol. The SMILES string of the molecule is CCOC(=O)c1cc(C)[nH][n+]1-c1ccc(F)cc1. The minimum Gasteiger partial charge on any atom is -0.458 e. The number of halogens is 1. The van der Waals surface area contributed by atoms with Gasteiger partial charge >= 0.3 is 11.7 Å². The first kappa shape index (κ1) is 12.3. The Morgan fingerprint density at radius 1 is 1.39 bits per heavy atom.